The van der Waals surface area contributed by atoms with Crippen molar-refractivity contribution in [1.29, 1.82) is 0 Å². The second kappa shape index (κ2) is 8.67. The van der Waals surface area contributed by atoms with Gasteiger partial charge in [-0.15, -0.1) is 11.3 Å². The van der Waals surface area contributed by atoms with E-state index in [1.54, 1.807) is 47.5 Å². The predicted octanol–water partition coefficient (Wildman–Crippen LogP) is 3.48. The number of benzene rings is 1. The van der Waals surface area contributed by atoms with Crippen LogP contribution in [0.25, 0.3) is 0 Å². The SMILES string of the molecule is CC(C)Oc1ccc(C(=O)NCC(=O)N(C)C(C)c2cccs2)cc1. The molecule has 1 heterocycles. The van der Waals surface area contributed by atoms with E-state index in [1.807, 2.05) is 38.3 Å². The molecule has 2 aromatic rings. The van der Waals surface area contributed by atoms with E-state index in [9.17, 15) is 9.59 Å². The summed E-state index contributed by atoms with van der Waals surface area (Å²) in [7, 11) is 1.75. The summed E-state index contributed by atoms with van der Waals surface area (Å²) in [5.74, 6) is 0.308. The van der Waals surface area contributed by atoms with Crippen LogP contribution in [0.2, 0.25) is 0 Å². The molecule has 0 spiro atoms. The molecule has 5 nitrogen and oxygen atoms in total. The summed E-state index contributed by atoms with van der Waals surface area (Å²) in [4.78, 5) is 27.2. The summed E-state index contributed by atoms with van der Waals surface area (Å²) < 4.78 is 5.55. The summed E-state index contributed by atoms with van der Waals surface area (Å²) in [6.07, 6.45) is 0.0816. The number of likely N-dealkylation sites (N-methyl/N-ethyl adjacent to an activating group) is 1. The molecule has 134 valence electrons. The van der Waals surface area contributed by atoms with Gasteiger partial charge in [-0.2, -0.15) is 0 Å². The molecule has 1 unspecified atom stereocenters. The number of ether oxygens (including phenoxy) is 1. The third-order valence-corrected chi connectivity index (χ3v) is 4.86. The van der Waals surface area contributed by atoms with Gasteiger partial charge in [0.1, 0.15) is 5.75 Å². The number of hydrogen-bond donors (Lipinski definition) is 1. The molecule has 0 saturated heterocycles. The van der Waals surface area contributed by atoms with Gasteiger partial charge >= 0.3 is 0 Å². The Morgan fingerprint density at radius 1 is 1.16 bits per heavy atom. The van der Waals surface area contributed by atoms with Crippen molar-refractivity contribution >= 4 is 23.2 Å². The monoisotopic (exact) mass is 360 g/mol. The Labute approximate surface area is 152 Å². The summed E-state index contributed by atoms with van der Waals surface area (Å²) >= 11 is 1.61. The fourth-order valence-corrected chi connectivity index (χ4v) is 3.10. The fourth-order valence-electron chi connectivity index (χ4n) is 2.28. The molecular formula is C19H24N2O3S. The number of carbonyl (C=O) groups excluding carboxylic acids is 2. The minimum Gasteiger partial charge on any atom is -0.491 e. The van der Waals surface area contributed by atoms with Gasteiger partial charge in [-0.3, -0.25) is 9.59 Å². The van der Waals surface area contributed by atoms with Gasteiger partial charge in [-0.1, -0.05) is 6.07 Å². The highest BCUT2D eigenvalue weighted by Crippen LogP contribution is 2.23. The highest BCUT2D eigenvalue weighted by Gasteiger charge is 2.18. The Balaban J connectivity index is 1.87. The highest BCUT2D eigenvalue weighted by atomic mass is 32.1. The van der Waals surface area contributed by atoms with Crippen LogP contribution in [0.5, 0.6) is 5.75 Å². The van der Waals surface area contributed by atoms with Crippen LogP contribution in [0.4, 0.5) is 0 Å². The molecule has 0 aliphatic rings. The molecule has 25 heavy (non-hydrogen) atoms. The topological polar surface area (TPSA) is 58.6 Å². The third-order valence-electron chi connectivity index (χ3n) is 3.82. The summed E-state index contributed by atoms with van der Waals surface area (Å²) in [5.41, 5.74) is 0.498. The van der Waals surface area contributed by atoms with Crippen molar-refractivity contribution in [3.63, 3.8) is 0 Å². The molecule has 0 bridgehead atoms. The third kappa shape index (κ3) is 5.32. The highest BCUT2D eigenvalue weighted by molar-refractivity contribution is 7.10. The molecule has 0 aliphatic carbocycles. The molecule has 0 saturated carbocycles. The van der Waals surface area contributed by atoms with Gasteiger partial charge in [0.2, 0.25) is 5.91 Å². The number of nitrogens with one attached hydrogen (secondary N) is 1. The number of nitrogens with zero attached hydrogens (tertiary/aromatic N) is 1. The van der Waals surface area contributed by atoms with E-state index in [2.05, 4.69) is 5.32 Å². The number of carbonyl (C=O) groups is 2. The van der Waals surface area contributed by atoms with E-state index in [4.69, 9.17) is 4.74 Å². The zero-order valence-corrected chi connectivity index (χ0v) is 15.8. The molecule has 0 aliphatic heterocycles. The van der Waals surface area contributed by atoms with Gasteiger partial charge in [0.25, 0.3) is 5.91 Å². The lowest BCUT2D eigenvalue weighted by Crippen LogP contribution is -2.39. The fraction of sp³-hybridized carbons (Fsp3) is 0.368. The van der Waals surface area contributed by atoms with Crippen LogP contribution in [-0.4, -0.2) is 36.4 Å². The van der Waals surface area contributed by atoms with E-state index >= 15 is 0 Å². The second-order valence-corrected chi connectivity index (χ2v) is 7.05. The lowest BCUT2D eigenvalue weighted by Gasteiger charge is -2.24. The summed E-state index contributed by atoms with van der Waals surface area (Å²) in [6.45, 7) is 5.83. The molecule has 2 amide bonds. The molecule has 2 rings (SSSR count). The van der Waals surface area contributed by atoms with Gasteiger partial charge in [-0.05, 0) is 56.5 Å². The van der Waals surface area contributed by atoms with Gasteiger partial charge < -0.3 is 15.0 Å². The Hall–Kier alpha value is -2.34. The van der Waals surface area contributed by atoms with Crippen LogP contribution in [0.1, 0.15) is 42.0 Å². The normalized spacial score (nSPS) is 11.9. The van der Waals surface area contributed by atoms with Gasteiger partial charge in [0.15, 0.2) is 0 Å². The Morgan fingerprint density at radius 2 is 1.84 bits per heavy atom. The van der Waals surface area contributed by atoms with E-state index in [0.717, 1.165) is 4.88 Å². The minimum atomic E-state index is -0.276. The maximum absolute atomic E-state index is 12.3. The first-order valence-corrected chi connectivity index (χ1v) is 9.10. The Morgan fingerprint density at radius 3 is 2.40 bits per heavy atom. The molecule has 1 N–H and O–H groups in total. The van der Waals surface area contributed by atoms with E-state index < -0.39 is 0 Å². The first kappa shape index (κ1) is 19.0. The maximum atomic E-state index is 12.3. The van der Waals surface area contributed by atoms with Crippen molar-refractivity contribution in [3.8, 4) is 5.75 Å². The van der Waals surface area contributed by atoms with Crippen LogP contribution in [0, 0.1) is 0 Å². The standard InChI is InChI=1S/C19H24N2O3S/c1-13(2)24-16-9-7-15(8-10-16)19(23)20-12-18(22)21(4)14(3)17-6-5-11-25-17/h5-11,13-14H,12H2,1-4H3,(H,20,23). The molecule has 6 heteroatoms. The van der Waals surface area contributed by atoms with Crippen LogP contribution >= 0.6 is 11.3 Å². The van der Waals surface area contributed by atoms with E-state index in [1.165, 1.54) is 0 Å². The van der Waals surface area contributed by atoms with Crippen molar-refractivity contribution < 1.29 is 14.3 Å². The second-order valence-electron chi connectivity index (χ2n) is 6.07. The number of rotatable bonds is 7. The zero-order chi connectivity index (χ0) is 18.4. The summed E-state index contributed by atoms with van der Waals surface area (Å²) in [6, 6.07) is 10.8. The van der Waals surface area contributed by atoms with Crippen molar-refractivity contribution in [3.05, 3.63) is 52.2 Å². The van der Waals surface area contributed by atoms with E-state index in [0.29, 0.717) is 11.3 Å². The first-order valence-electron chi connectivity index (χ1n) is 8.22. The average Bonchev–Trinajstić information content (AvgIpc) is 3.12. The molecular weight excluding hydrogens is 336 g/mol. The smallest absolute Gasteiger partial charge is 0.251 e. The number of thiophene rings is 1. The lowest BCUT2D eigenvalue weighted by molar-refractivity contribution is -0.130. The minimum absolute atomic E-state index is 0.0168. The average molecular weight is 360 g/mol. The van der Waals surface area contributed by atoms with Crippen molar-refractivity contribution in [2.45, 2.75) is 32.9 Å². The quantitative estimate of drug-likeness (QED) is 0.822. The predicted molar refractivity (Wildman–Crippen MR) is 100 cm³/mol. The molecule has 1 atom stereocenters. The van der Waals surface area contributed by atoms with Crippen molar-refractivity contribution in [2.24, 2.45) is 0 Å². The Bertz CT molecular complexity index is 696. The van der Waals surface area contributed by atoms with Gasteiger partial charge in [0, 0.05) is 17.5 Å². The zero-order valence-electron chi connectivity index (χ0n) is 15.0. The van der Waals surface area contributed by atoms with Crippen molar-refractivity contribution in [2.75, 3.05) is 13.6 Å². The van der Waals surface area contributed by atoms with Crippen LogP contribution in [0.15, 0.2) is 41.8 Å². The maximum Gasteiger partial charge on any atom is 0.251 e. The molecule has 0 fully saturated rings. The molecule has 1 aromatic carbocycles. The van der Waals surface area contributed by atoms with Gasteiger partial charge in [0.05, 0.1) is 18.7 Å². The van der Waals surface area contributed by atoms with Crippen LogP contribution in [0.3, 0.4) is 0 Å². The molecule has 1 aromatic heterocycles. The first-order chi connectivity index (χ1) is 11.9. The molecule has 0 radical (unpaired) electrons. The Kier molecular flexibility index (Phi) is 6.58. The lowest BCUT2D eigenvalue weighted by atomic mass is 10.2. The van der Waals surface area contributed by atoms with E-state index in [-0.39, 0.29) is 30.5 Å². The summed E-state index contributed by atoms with van der Waals surface area (Å²) in [5, 5.41) is 4.66. The van der Waals surface area contributed by atoms with Gasteiger partial charge in [-0.25, -0.2) is 0 Å². The van der Waals surface area contributed by atoms with Crippen molar-refractivity contribution in [1.82, 2.24) is 10.2 Å². The van der Waals surface area contributed by atoms with Crippen LogP contribution in [-0.2, 0) is 4.79 Å². The largest absolute Gasteiger partial charge is 0.491 e. The number of amides is 2. The number of hydrogen-bond acceptors (Lipinski definition) is 4. The van der Waals surface area contributed by atoms with Crippen LogP contribution < -0.4 is 10.1 Å².